The lowest BCUT2D eigenvalue weighted by Gasteiger charge is -2.12. The third-order valence-corrected chi connectivity index (χ3v) is 4.12. The van der Waals surface area contributed by atoms with Crippen LogP contribution >= 0.6 is 11.3 Å². The Balaban J connectivity index is 2.00. The molecular weight excluding hydrogens is 222 g/mol. The van der Waals surface area contributed by atoms with Gasteiger partial charge in [0.15, 0.2) is 0 Å². The third kappa shape index (κ3) is 2.59. The van der Waals surface area contributed by atoms with Crippen molar-refractivity contribution < 1.29 is 4.74 Å². The van der Waals surface area contributed by atoms with Gasteiger partial charge in [0, 0.05) is 18.9 Å². The second-order valence-electron chi connectivity index (χ2n) is 4.14. The zero-order chi connectivity index (χ0) is 11.4. The molecule has 5 heteroatoms. The number of aryl methyl sites for hydroxylation is 1. The van der Waals surface area contributed by atoms with Gasteiger partial charge in [0.25, 0.3) is 0 Å². The highest BCUT2D eigenvalue weighted by Gasteiger charge is 2.30. The van der Waals surface area contributed by atoms with Crippen molar-refractivity contribution in [1.82, 2.24) is 10.2 Å². The van der Waals surface area contributed by atoms with Crippen molar-refractivity contribution in [3.63, 3.8) is 0 Å². The quantitative estimate of drug-likeness (QED) is 0.852. The predicted molar refractivity (Wildman–Crippen MR) is 64.7 cm³/mol. The number of rotatable bonds is 5. The lowest BCUT2D eigenvalue weighted by molar-refractivity contribution is 0.100. The van der Waals surface area contributed by atoms with Crippen LogP contribution in [0.1, 0.15) is 42.1 Å². The fourth-order valence-electron chi connectivity index (χ4n) is 2.10. The summed E-state index contributed by atoms with van der Waals surface area (Å²) in [5, 5.41) is 10.8. The van der Waals surface area contributed by atoms with Crippen molar-refractivity contribution in [3.8, 4) is 0 Å². The van der Waals surface area contributed by atoms with E-state index in [9.17, 15) is 0 Å². The van der Waals surface area contributed by atoms with Gasteiger partial charge in [-0.1, -0.05) is 6.92 Å². The van der Waals surface area contributed by atoms with Crippen LogP contribution in [0.5, 0.6) is 0 Å². The zero-order valence-electron chi connectivity index (χ0n) is 9.69. The number of nitrogens with zero attached hydrogens (tertiary/aromatic N) is 2. The zero-order valence-corrected chi connectivity index (χ0v) is 10.5. The van der Waals surface area contributed by atoms with Crippen molar-refractivity contribution in [1.29, 1.82) is 0 Å². The van der Waals surface area contributed by atoms with Gasteiger partial charge in [-0.05, 0) is 25.8 Å². The van der Waals surface area contributed by atoms with Crippen molar-refractivity contribution >= 4 is 11.3 Å². The van der Waals surface area contributed by atoms with Crippen molar-refractivity contribution in [2.75, 3.05) is 13.2 Å². The van der Waals surface area contributed by atoms with E-state index < -0.39 is 0 Å². The van der Waals surface area contributed by atoms with Gasteiger partial charge in [0.05, 0.1) is 6.10 Å². The normalized spacial score (nSPS) is 25.1. The molecule has 2 N–H and O–H groups in total. The molecule has 2 atom stereocenters. The molecule has 0 radical (unpaired) electrons. The van der Waals surface area contributed by atoms with Gasteiger partial charge in [-0.2, -0.15) is 0 Å². The fraction of sp³-hybridized carbons (Fsp3) is 0.818. The van der Waals surface area contributed by atoms with Crippen molar-refractivity contribution in [2.24, 2.45) is 5.73 Å². The first kappa shape index (κ1) is 12.0. The number of aromatic nitrogens is 2. The van der Waals surface area contributed by atoms with Gasteiger partial charge in [0.2, 0.25) is 0 Å². The number of nitrogens with two attached hydrogens (primary N) is 1. The first-order chi connectivity index (χ1) is 7.85. The molecule has 1 saturated heterocycles. The maximum absolute atomic E-state index is 5.68. The minimum atomic E-state index is 0.343. The summed E-state index contributed by atoms with van der Waals surface area (Å²) in [6, 6.07) is 0. The van der Waals surface area contributed by atoms with Gasteiger partial charge in [-0.3, -0.25) is 0 Å². The van der Waals surface area contributed by atoms with Crippen LogP contribution in [0.2, 0.25) is 0 Å². The van der Waals surface area contributed by atoms with E-state index in [1.807, 2.05) is 0 Å². The van der Waals surface area contributed by atoms with E-state index in [2.05, 4.69) is 17.1 Å². The van der Waals surface area contributed by atoms with Gasteiger partial charge in [0.1, 0.15) is 10.0 Å². The van der Waals surface area contributed by atoms with Crippen molar-refractivity contribution in [3.05, 3.63) is 10.0 Å². The van der Waals surface area contributed by atoms with E-state index in [0.717, 1.165) is 48.9 Å². The highest BCUT2D eigenvalue weighted by molar-refractivity contribution is 7.11. The van der Waals surface area contributed by atoms with Gasteiger partial charge in [-0.25, -0.2) is 0 Å². The minimum Gasteiger partial charge on any atom is -0.377 e. The van der Waals surface area contributed by atoms with Gasteiger partial charge < -0.3 is 10.5 Å². The first-order valence-corrected chi connectivity index (χ1v) is 6.80. The highest BCUT2D eigenvalue weighted by atomic mass is 32.1. The summed E-state index contributed by atoms with van der Waals surface area (Å²) in [4.78, 5) is 0. The average Bonchev–Trinajstić information content (AvgIpc) is 2.94. The van der Waals surface area contributed by atoms with Crippen LogP contribution in [-0.4, -0.2) is 29.5 Å². The topological polar surface area (TPSA) is 61.0 Å². The van der Waals surface area contributed by atoms with Crippen LogP contribution in [0.3, 0.4) is 0 Å². The largest absolute Gasteiger partial charge is 0.377 e. The predicted octanol–water partition coefficient (Wildman–Crippen LogP) is 1.71. The molecular formula is C11H19N3OS. The Morgan fingerprint density at radius 3 is 3.12 bits per heavy atom. The molecule has 1 aliphatic heterocycles. The molecule has 2 rings (SSSR count). The first-order valence-electron chi connectivity index (χ1n) is 5.99. The van der Waals surface area contributed by atoms with E-state index in [4.69, 9.17) is 10.5 Å². The summed E-state index contributed by atoms with van der Waals surface area (Å²) in [6.45, 7) is 3.75. The molecule has 1 fully saturated rings. The summed E-state index contributed by atoms with van der Waals surface area (Å²) in [7, 11) is 0. The van der Waals surface area contributed by atoms with E-state index in [1.54, 1.807) is 11.3 Å². The summed E-state index contributed by atoms with van der Waals surface area (Å²) < 4.78 is 5.68. The number of hydrogen-bond acceptors (Lipinski definition) is 5. The molecule has 0 saturated carbocycles. The number of ether oxygens (including phenoxy) is 1. The Kier molecular flexibility index (Phi) is 4.26. The molecule has 2 heterocycles. The molecule has 1 aromatic heterocycles. The van der Waals surface area contributed by atoms with Crippen LogP contribution in [0, 0.1) is 0 Å². The van der Waals surface area contributed by atoms with Crippen LogP contribution in [0.15, 0.2) is 0 Å². The molecule has 4 nitrogen and oxygen atoms in total. The Hall–Kier alpha value is -0.520. The maximum atomic E-state index is 5.68. The summed E-state index contributed by atoms with van der Waals surface area (Å²) >= 11 is 1.73. The molecule has 0 aromatic carbocycles. The van der Waals surface area contributed by atoms with E-state index in [0.29, 0.717) is 12.0 Å². The average molecular weight is 241 g/mol. The van der Waals surface area contributed by atoms with Crippen LogP contribution in [0.4, 0.5) is 0 Å². The second-order valence-corrected chi connectivity index (χ2v) is 5.23. The van der Waals surface area contributed by atoms with Crippen LogP contribution in [-0.2, 0) is 11.2 Å². The van der Waals surface area contributed by atoms with E-state index in [-0.39, 0.29) is 0 Å². The molecule has 0 amide bonds. The molecule has 1 aromatic rings. The van der Waals surface area contributed by atoms with E-state index >= 15 is 0 Å². The van der Waals surface area contributed by atoms with E-state index in [1.165, 1.54) is 0 Å². The fourth-order valence-corrected chi connectivity index (χ4v) is 3.18. The summed E-state index contributed by atoms with van der Waals surface area (Å²) in [5.74, 6) is 0.467. The molecule has 0 spiro atoms. The maximum Gasteiger partial charge on any atom is 0.123 e. The van der Waals surface area contributed by atoms with Crippen LogP contribution < -0.4 is 5.73 Å². The minimum absolute atomic E-state index is 0.343. The molecule has 0 bridgehead atoms. The summed E-state index contributed by atoms with van der Waals surface area (Å²) in [5.41, 5.74) is 5.49. The Morgan fingerprint density at radius 1 is 1.50 bits per heavy atom. The SMILES string of the molecule is CCC1OCCC1c1nnc(CCCN)s1. The lowest BCUT2D eigenvalue weighted by Crippen LogP contribution is -2.12. The Labute approximate surface area is 100 Å². The lowest BCUT2D eigenvalue weighted by atomic mass is 10.0. The van der Waals surface area contributed by atoms with Crippen molar-refractivity contribution in [2.45, 2.75) is 44.6 Å². The second kappa shape index (κ2) is 5.70. The van der Waals surface area contributed by atoms with Crippen LogP contribution in [0.25, 0.3) is 0 Å². The smallest absolute Gasteiger partial charge is 0.123 e. The standard InChI is InChI=1S/C11H19N3OS/c1-2-9-8(5-7-15-9)11-14-13-10(16-11)4-3-6-12/h8-9H,2-7,12H2,1H3. The molecule has 2 unspecified atom stereocenters. The highest BCUT2D eigenvalue weighted by Crippen LogP contribution is 2.34. The number of hydrogen-bond donors (Lipinski definition) is 1. The molecule has 16 heavy (non-hydrogen) atoms. The molecule has 90 valence electrons. The van der Waals surface area contributed by atoms with Gasteiger partial charge >= 0.3 is 0 Å². The summed E-state index contributed by atoms with van der Waals surface area (Å²) in [6.07, 6.45) is 4.44. The monoisotopic (exact) mass is 241 g/mol. The molecule has 0 aliphatic carbocycles. The third-order valence-electron chi connectivity index (χ3n) is 3.01. The molecule has 1 aliphatic rings. The Morgan fingerprint density at radius 2 is 2.38 bits per heavy atom. The van der Waals surface area contributed by atoms with Gasteiger partial charge in [-0.15, -0.1) is 21.5 Å². The Bertz CT molecular complexity index is 329.